The van der Waals surface area contributed by atoms with E-state index in [2.05, 4.69) is 15.3 Å². The summed E-state index contributed by atoms with van der Waals surface area (Å²) < 4.78 is 24.3. The Hall–Kier alpha value is -2.71. The van der Waals surface area contributed by atoms with Crippen LogP contribution in [0.3, 0.4) is 0 Å². The highest BCUT2D eigenvalue weighted by Gasteiger charge is 2.52. The smallest absolute Gasteiger partial charge is 0.303 e. The first kappa shape index (κ1) is 28.3. The van der Waals surface area contributed by atoms with Crippen LogP contribution in [0.25, 0.3) is 10.7 Å². The average molecular weight is 601 g/mol. The van der Waals surface area contributed by atoms with Gasteiger partial charge in [-0.3, -0.25) is 14.4 Å². The summed E-state index contributed by atoms with van der Waals surface area (Å²) in [5.41, 5.74) is -0.407. The van der Waals surface area contributed by atoms with Gasteiger partial charge in [0.25, 0.3) is 0 Å². The zero-order valence-corrected chi connectivity index (χ0v) is 23.4. The number of carbonyl (C=O) groups excluding carboxylic acids is 3. The summed E-state index contributed by atoms with van der Waals surface area (Å²) >= 11 is 14.9. The zero-order chi connectivity index (χ0) is 27.4. The lowest BCUT2D eigenvalue weighted by molar-refractivity contribution is -0.212. The van der Waals surface area contributed by atoms with E-state index >= 15 is 0 Å². The van der Waals surface area contributed by atoms with Crippen molar-refractivity contribution < 1.29 is 33.3 Å². The molecule has 2 aromatic heterocycles. The van der Waals surface area contributed by atoms with Crippen LogP contribution in [0.2, 0.25) is 10.0 Å². The fourth-order valence-corrected chi connectivity index (χ4v) is 6.33. The van der Waals surface area contributed by atoms with Crippen molar-refractivity contribution >= 4 is 64.2 Å². The minimum absolute atomic E-state index is 0.238. The first-order valence-electron chi connectivity index (χ1n) is 11.2. The van der Waals surface area contributed by atoms with Crippen molar-refractivity contribution in [1.29, 1.82) is 0 Å². The van der Waals surface area contributed by atoms with Gasteiger partial charge in [-0.15, -0.1) is 16.4 Å². The summed E-state index contributed by atoms with van der Waals surface area (Å²) in [4.78, 5) is 40.9. The molecule has 0 spiro atoms. The van der Waals surface area contributed by atoms with Gasteiger partial charge in [0.2, 0.25) is 0 Å². The molecule has 11 nitrogen and oxygen atoms in total. The molecule has 202 valence electrons. The van der Waals surface area contributed by atoms with E-state index in [-0.39, 0.29) is 6.61 Å². The van der Waals surface area contributed by atoms with E-state index in [0.717, 1.165) is 0 Å². The van der Waals surface area contributed by atoms with Crippen molar-refractivity contribution in [2.75, 3.05) is 6.61 Å². The molecule has 1 fully saturated rings. The van der Waals surface area contributed by atoms with Gasteiger partial charge in [-0.2, -0.15) is 0 Å². The third-order valence-electron chi connectivity index (χ3n) is 5.23. The van der Waals surface area contributed by atoms with Crippen molar-refractivity contribution in [3.05, 3.63) is 46.0 Å². The minimum atomic E-state index is -1.07. The van der Waals surface area contributed by atoms with Gasteiger partial charge >= 0.3 is 17.9 Å². The molecule has 3 unspecified atom stereocenters. The van der Waals surface area contributed by atoms with Gasteiger partial charge in [0.15, 0.2) is 12.2 Å². The molecule has 5 atom stereocenters. The van der Waals surface area contributed by atoms with Gasteiger partial charge in [0, 0.05) is 47.3 Å². The normalized spacial score (nSPS) is 23.0. The van der Waals surface area contributed by atoms with Crippen molar-refractivity contribution in [3.63, 3.8) is 0 Å². The fraction of sp³-hybridized carbons (Fsp3) is 0.391. The Balaban J connectivity index is 1.79. The first-order chi connectivity index (χ1) is 18.1. The molecule has 3 heterocycles. The average Bonchev–Trinajstić information content (AvgIpc) is 3.50. The number of ether oxygens (including phenoxy) is 4. The summed E-state index contributed by atoms with van der Waals surface area (Å²) in [7, 11) is 0. The van der Waals surface area contributed by atoms with Crippen molar-refractivity contribution in [2.24, 2.45) is 0 Å². The number of esters is 3. The van der Waals surface area contributed by atoms with E-state index < -0.39 is 47.7 Å². The van der Waals surface area contributed by atoms with E-state index in [9.17, 15) is 14.4 Å². The predicted molar refractivity (Wildman–Crippen MR) is 139 cm³/mol. The molecule has 3 aromatic rings. The van der Waals surface area contributed by atoms with Crippen LogP contribution in [0.4, 0.5) is 0 Å². The number of hydrogen-bond donors (Lipinski definition) is 0. The largest absolute Gasteiger partial charge is 0.463 e. The van der Waals surface area contributed by atoms with E-state index in [0.29, 0.717) is 25.6 Å². The van der Waals surface area contributed by atoms with Gasteiger partial charge in [-0.1, -0.05) is 40.2 Å². The summed E-state index contributed by atoms with van der Waals surface area (Å²) in [6.07, 6.45) is 0.206. The van der Waals surface area contributed by atoms with Crippen LogP contribution in [-0.2, 0) is 33.3 Å². The lowest BCUT2D eigenvalue weighted by Crippen LogP contribution is -2.57. The highest BCUT2D eigenvalue weighted by Crippen LogP contribution is 2.42. The Kier molecular flexibility index (Phi) is 9.26. The molecule has 4 rings (SSSR count). The molecular weight excluding hydrogens is 579 g/mol. The SMILES string of the molecule is CC(=O)OCC1O[C@H](Sc2cc(Cl)cc(Cl)c2)C(OC(C)=O)C(n2cc(-c3nccs3)nn2)[C@H]1OC(C)=O. The molecule has 15 heteroatoms. The van der Waals surface area contributed by atoms with Gasteiger partial charge in [-0.25, -0.2) is 9.67 Å². The number of thioether (sulfide) groups is 1. The van der Waals surface area contributed by atoms with E-state index in [1.54, 1.807) is 36.0 Å². The van der Waals surface area contributed by atoms with E-state index in [1.807, 2.05) is 0 Å². The summed E-state index contributed by atoms with van der Waals surface area (Å²) in [5, 5.41) is 11.7. The van der Waals surface area contributed by atoms with Crippen LogP contribution >= 0.6 is 46.3 Å². The van der Waals surface area contributed by atoms with Crippen LogP contribution in [0.5, 0.6) is 0 Å². The fourth-order valence-electron chi connectivity index (χ4n) is 3.88. The lowest BCUT2D eigenvalue weighted by Gasteiger charge is -2.44. The quantitative estimate of drug-likeness (QED) is 0.272. The van der Waals surface area contributed by atoms with Crippen LogP contribution in [0.15, 0.2) is 40.9 Å². The maximum atomic E-state index is 12.3. The second-order valence-corrected chi connectivity index (χ2v) is 11.1. The topological polar surface area (TPSA) is 132 Å². The molecule has 0 N–H and O–H groups in total. The molecule has 0 saturated carbocycles. The van der Waals surface area contributed by atoms with Crippen LogP contribution in [0, 0.1) is 0 Å². The zero-order valence-electron chi connectivity index (χ0n) is 20.3. The number of thiazole rings is 1. The van der Waals surface area contributed by atoms with Gasteiger partial charge in [0.05, 0.1) is 6.20 Å². The molecule has 1 saturated heterocycles. The maximum Gasteiger partial charge on any atom is 0.303 e. The molecular formula is C23H22Cl2N4O7S2. The Morgan fingerprint density at radius 3 is 2.34 bits per heavy atom. The van der Waals surface area contributed by atoms with Crippen LogP contribution in [0.1, 0.15) is 26.8 Å². The summed E-state index contributed by atoms with van der Waals surface area (Å²) in [5.74, 6) is -1.77. The summed E-state index contributed by atoms with van der Waals surface area (Å²) in [6, 6.07) is 4.02. The number of rotatable bonds is 8. The number of nitrogens with zero attached hydrogens (tertiary/aromatic N) is 4. The number of carbonyl (C=O) groups is 3. The van der Waals surface area contributed by atoms with Gasteiger partial charge in [0.1, 0.15) is 34.9 Å². The second-order valence-electron chi connectivity index (χ2n) is 8.13. The molecule has 1 aliphatic rings. The molecule has 1 aliphatic heterocycles. The first-order valence-corrected chi connectivity index (χ1v) is 13.7. The standard InChI is InChI=1S/C23H22Cl2N4O7S2/c1-11(30)33-10-18-20(34-12(2)31)19(29-9-17(27-28-29)22-26-4-5-37-22)21(35-13(3)32)23(36-18)38-16-7-14(24)6-15(25)8-16/h4-9,18-21,23H,10H2,1-3H3/t18?,19?,20-,21?,23+/m0/s1. The molecule has 0 aliphatic carbocycles. The third kappa shape index (κ3) is 7.03. The maximum absolute atomic E-state index is 12.3. The Labute approximate surface area is 235 Å². The molecule has 0 radical (unpaired) electrons. The number of benzene rings is 1. The predicted octanol–water partition coefficient (Wildman–Crippen LogP) is 4.19. The number of hydrogen-bond acceptors (Lipinski definition) is 12. The highest BCUT2D eigenvalue weighted by molar-refractivity contribution is 7.99. The van der Waals surface area contributed by atoms with Crippen molar-refractivity contribution in [2.45, 2.75) is 55.5 Å². The van der Waals surface area contributed by atoms with Crippen LogP contribution < -0.4 is 0 Å². The Morgan fingerprint density at radius 2 is 1.74 bits per heavy atom. The summed E-state index contributed by atoms with van der Waals surface area (Å²) in [6.45, 7) is 3.50. The van der Waals surface area contributed by atoms with Crippen molar-refractivity contribution in [3.8, 4) is 10.7 Å². The van der Waals surface area contributed by atoms with E-state index in [4.69, 9.17) is 42.1 Å². The molecule has 0 amide bonds. The van der Waals surface area contributed by atoms with Gasteiger partial charge in [-0.05, 0) is 18.2 Å². The third-order valence-corrected chi connectivity index (χ3v) is 7.58. The number of aromatic nitrogens is 4. The second kappa shape index (κ2) is 12.4. The molecule has 0 bridgehead atoms. The monoisotopic (exact) mass is 600 g/mol. The van der Waals surface area contributed by atoms with E-state index in [1.165, 1.54) is 48.6 Å². The number of halogens is 2. The van der Waals surface area contributed by atoms with Gasteiger partial charge < -0.3 is 18.9 Å². The Bertz CT molecular complexity index is 1290. The van der Waals surface area contributed by atoms with Crippen LogP contribution in [-0.4, -0.2) is 68.2 Å². The lowest BCUT2D eigenvalue weighted by atomic mass is 9.96. The minimum Gasteiger partial charge on any atom is -0.463 e. The Morgan fingerprint density at radius 1 is 1.05 bits per heavy atom. The molecule has 38 heavy (non-hydrogen) atoms. The molecule has 1 aromatic carbocycles. The highest BCUT2D eigenvalue weighted by atomic mass is 35.5. The van der Waals surface area contributed by atoms with Crippen molar-refractivity contribution in [1.82, 2.24) is 20.0 Å².